The van der Waals surface area contributed by atoms with E-state index in [-0.39, 0.29) is 26.4 Å². The largest absolute Gasteiger partial charge is 0.420 e. The summed E-state index contributed by atoms with van der Waals surface area (Å²) in [5, 5.41) is 0. The molecule has 0 radical (unpaired) electrons. The summed E-state index contributed by atoms with van der Waals surface area (Å²) >= 11 is 0. The molecular weight excluding hydrogens is 735 g/mol. The SMILES string of the molecule is CCCCCCCOCCOCCOCCOCCOCCOCCOCCOCCOCCOCCOCCC(=O)Oc1c(F)c(F)c(F)c(F)c1F. The third-order valence-corrected chi connectivity index (χ3v) is 6.95. The first-order chi connectivity index (χ1) is 26.4. The zero-order valence-corrected chi connectivity index (χ0v) is 31.5. The van der Waals surface area contributed by atoms with E-state index in [4.69, 9.17) is 52.1 Å². The second-order valence-electron chi connectivity index (χ2n) is 11.3. The Morgan fingerprint density at radius 3 is 0.926 bits per heavy atom. The Hall–Kier alpha value is -2.10. The lowest BCUT2D eigenvalue weighted by molar-refractivity contribution is -0.136. The number of unbranched alkanes of at least 4 members (excludes halogenated alkanes) is 4. The maximum absolute atomic E-state index is 13.5. The summed E-state index contributed by atoms with van der Waals surface area (Å²) in [5.74, 6) is -14.1. The third kappa shape index (κ3) is 27.5. The fraction of sp³-hybridized carbons (Fsp3) is 0.806. The van der Waals surface area contributed by atoms with E-state index in [9.17, 15) is 26.7 Å². The molecule has 316 valence electrons. The van der Waals surface area contributed by atoms with Crippen LogP contribution < -0.4 is 4.74 Å². The van der Waals surface area contributed by atoms with Crippen molar-refractivity contribution < 1.29 is 83.6 Å². The van der Waals surface area contributed by atoms with Crippen LogP contribution in [-0.4, -0.2) is 151 Å². The van der Waals surface area contributed by atoms with Gasteiger partial charge in [-0.1, -0.05) is 32.6 Å². The summed E-state index contributed by atoms with van der Waals surface area (Å²) in [7, 11) is 0. The fourth-order valence-corrected chi connectivity index (χ4v) is 4.10. The smallest absolute Gasteiger partial charge is 0.313 e. The lowest BCUT2D eigenvalue weighted by Gasteiger charge is -2.09. The third-order valence-electron chi connectivity index (χ3n) is 6.95. The molecule has 1 rings (SSSR count). The minimum atomic E-state index is -2.35. The van der Waals surface area contributed by atoms with E-state index >= 15 is 0 Å². The van der Waals surface area contributed by atoms with Crippen molar-refractivity contribution in [2.75, 3.05) is 145 Å². The Kier molecular flexibility index (Phi) is 33.8. The Morgan fingerprint density at radius 2 is 0.611 bits per heavy atom. The van der Waals surface area contributed by atoms with E-state index in [2.05, 4.69) is 11.7 Å². The Bertz CT molecular complexity index is 1020. The molecule has 0 heterocycles. The van der Waals surface area contributed by atoms with Gasteiger partial charge in [-0.05, 0) is 6.42 Å². The van der Waals surface area contributed by atoms with Crippen LogP contribution >= 0.6 is 0 Å². The van der Waals surface area contributed by atoms with Crippen molar-refractivity contribution in [3.63, 3.8) is 0 Å². The van der Waals surface area contributed by atoms with Gasteiger partial charge in [-0.15, -0.1) is 0 Å². The lowest BCUT2D eigenvalue weighted by Crippen LogP contribution is -2.16. The van der Waals surface area contributed by atoms with Crippen molar-refractivity contribution in [1.29, 1.82) is 0 Å². The number of carbonyl (C=O) groups excluding carboxylic acids is 1. The average Bonchev–Trinajstić information content (AvgIpc) is 3.17. The predicted molar refractivity (Wildman–Crippen MR) is 184 cm³/mol. The molecule has 0 fully saturated rings. The van der Waals surface area contributed by atoms with Crippen LogP contribution in [-0.2, 0) is 56.9 Å². The zero-order chi connectivity index (χ0) is 39.3. The van der Waals surface area contributed by atoms with E-state index in [1.165, 1.54) is 25.7 Å². The minimum absolute atomic E-state index is 0.0816. The Balaban J connectivity index is 1.71. The maximum Gasteiger partial charge on any atom is 0.313 e. The number of rotatable bonds is 40. The standard InChI is InChI=1S/C36H59F5O13/c1-2-3-4-5-6-8-43-10-12-45-14-16-47-18-20-49-22-24-51-26-28-53-29-27-52-25-23-50-21-19-48-17-15-46-13-11-44-9-7-30(42)54-36-34(40)32(38)31(37)33(39)35(36)41/h2-29H2,1H3. The molecule has 0 aromatic heterocycles. The normalized spacial score (nSPS) is 11.5. The van der Waals surface area contributed by atoms with Crippen LogP contribution in [0, 0.1) is 29.1 Å². The highest BCUT2D eigenvalue weighted by atomic mass is 19.2. The first kappa shape index (κ1) is 49.9. The molecule has 0 atom stereocenters. The second kappa shape index (κ2) is 36.5. The highest BCUT2D eigenvalue weighted by molar-refractivity contribution is 5.72. The van der Waals surface area contributed by atoms with Crippen LogP contribution in [0.5, 0.6) is 5.75 Å². The molecule has 0 bridgehead atoms. The van der Waals surface area contributed by atoms with Gasteiger partial charge in [0.05, 0.1) is 145 Å². The highest BCUT2D eigenvalue weighted by Crippen LogP contribution is 2.29. The van der Waals surface area contributed by atoms with Gasteiger partial charge in [-0.3, -0.25) is 4.79 Å². The molecule has 0 N–H and O–H groups in total. The van der Waals surface area contributed by atoms with Gasteiger partial charge in [-0.25, -0.2) is 13.2 Å². The summed E-state index contributed by atoms with van der Waals surface area (Å²) in [5.41, 5.74) is 0. The Morgan fingerprint density at radius 1 is 0.352 bits per heavy atom. The minimum Gasteiger partial charge on any atom is -0.420 e. The molecule has 0 unspecified atom stereocenters. The van der Waals surface area contributed by atoms with Crippen molar-refractivity contribution >= 4 is 5.97 Å². The molecule has 1 aromatic carbocycles. The summed E-state index contributed by atoms with van der Waals surface area (Å²) in [4.78, 5) is 11.7. The first-order valence-electron chi connectivity index (χ1n) is 18.5. The molecular formula is C36H59F5O13. The molecule has 13 nitrogen and oxygen atoms in total. The molecule has 54 heavy (non-hydrogen) atoms. The van der Waals surface area contributed by atoms with Crippen molar-refractivity contribution in [1.82, 2.24) is 0 Å². The van der Waals surface area contributed by atoms with E-state index < -0.39 is 47.2 Å². The molecule has 18 heteroatoms. The van der Waals surface area contributed by atoms with Gasteiger partial charge in [0.15, 0.2) is 0 Å². The van der Waals surface area contributed by atoms with Crippen molar-refractivity contribution in [3.05, 3.63) is 29.1 Å². The van der Waals surface area contributed by atoms with Crippen molar-refractivity contribution in [2.45, 2.75) is 45.4 Å². The van der Waals surface area contributed by atoms with Gasteiger partial charge in [0.25, 0.3) is 0 Å². The average molecular weight is 795 g/mol. The quantitative estimate of drug-likeness (QED) is 0.0225. The van der Waals surface area contributed by atoms with E-state index in [0.29, 0.717) is 112 Å². The summed E-state index contributed by atoms with van der Waals surface area (Å²) in [6.07, 6.45) is 5.69. The van der Waals surface area contributed by atoms with Crippen LogP contribution in [0.4, 0.5) is 22.0 Å². The lowest BCUT2D eigenvalue weighted by atomic mass is 10.2. The maximum atomic E-state index is 13.5. The zero-order valence-electron chi connectivity index (χ0n) is 31.5. The van der Waals surface area contributed by atoms with Crippen LogP contribution in [0.15, 0.2) is 0 Å². The van der Waals surface area contributed by atoms with Gasteiger partial charge in [-0.2, -0.15) is 8.78 Å². The molecule has 0 aliphatic rings. The number of benzene rings is 1. The topological polar surface area (TPSA) is 128 Å². The summed E-state index contributed by atoms with van der Waals surface area (Å²) < 4.78 is 130. The molecule has 0 aliphatic heterocycles. The Labute approximate surface area is 315 Å². The molecule has 1 aromatic rings. The fourth-order valence-electron chi connectivity index (χ4n) is 4.10. The van der Waals surface area contributed by atoms with Crippen molar-refractivity contribution in [2.24, 2.45) is 0 Å². The molecule has 0 amide bonds. The van der Waals surface area contributed by atoms with Crippen molar-refractivity contribution in [3.8, 4) is 5.75 Å². The van der Waals surface area contributed by atoms with E-state index in [1.807, 2.05) is 0 Å². The second-order valence-corrected chi connectivity index (χ2v) is 11.3. The van der Waals surface area contributed by atoms with Crippen LogP contribution in [0.3, 0.4) is 0 Å². The van der Waals surface area contributed by atoms with Crippen LogP contribution in [0.1, 0.15) is 45.4 Å². The molecule has 0 saturated carbocycles. The number of carbonyl (C=O) groups is 1. The number of hydrogen-bond acceptors (Lipinski definition) is 13. The summed E-state index contributed by atoms with van der Waals surface area (Å²) in [6.45, 7) is 11.2. The first-order valence-corrected chi connectivity index (χ1v) is 18.5. The molecule has 0 spiro atoms. The van der Waals surface area contributed by atoms with E-state index in [0.717, 1.165) is 13.0 Å². The van der Waals surface area contributed by atoms with Gasteiger partial charge in [0.1, 0.15) is 0 Å². The predicted octanol–water partition coefficient (Wildman–Crippen LogP) is 4.83. The number of esters is 1. The molecule has 0 aliphatic carbocycles. The number of hydrogen-bond donors (Lipinski definition) is 0. The molecule has 0 saturated heterocycles. The number of ether oxygens (including phenoxy) is 12. The van der Waals surface area contributed by atoms with Gasteiger partial charge >= 0.3 is 5.97 Å². The van der Waals surface area contributed by atoms with Crippen LogP contribution in [0.25, 0.3) is 0 Å². The number of halogens is 5. The van der Waals surface area contributed by atoms with Gasteiger partial charge in [0, 0.05) is 6.61 Å². The van der Waals surface area contributed by atoms with Crippen LogP contribution in [0.2, 0.25) is 0 Å². The van der Waals surface area contributed by atoms with Gasteiger partial charge in [0.2, 0.25) is 34.8 Å². The van der Waals surface area contributed by atoms with E-state index in [1.54, 1.807) is 0 Å². The van der Waals surface area contributed by atoms with Gasteiger partial charge < -0.3 is 56.8 Å². The summed E-state index contributed by atoms with van der Waals surface area (Å²) in [6, 6.07) is 0. The monoisotopic (exact) mass is 794 g/mol. The highest BCUT2D eigenvalue weighted by Gasteiger charge is 2.28.